The molecule has 2 aromatic rings. The van der Waals surface area contributed by atoms with E-state index in [-0.39, 0.29) is 0 Å². The molecule has 6 nitrogen and oxygen atoms in total. The van der Waals surface area contributed by atoms with E-state index in [9.17, 15) is 10.4 Å². The first-order valence-electron chi connectivity index (χ1n) is 8.22. The van der Waals surface area contributed by atoms with E-state index in [1.165, 1.54) is 0 Å². The van der Waals surface area contributed by atoms with Crippen LogP contribution in [0.25, 0.3) is 0 Å². The molecular weight excluding hydrogens is 304 g/mol. The molecule has 2 aliphatic heterocycles. The molecule has 120 valence electrons. The Balaban J connectivity index is 1.56. The number of hydrogen-bond acceptors (Lipinski definition) is 4. The molecule has 0 unspecified atom stereocenters. The summed E-state index contributed by atoms with van der Waals surface area (Å²) in [7, 11) is 0. The van der Waals surface area contributed by atoms with Crippen molar-refractivity contribution in [3.63, 3.8) is 0 Å². The number of para-hydroxylation sites is 4. The summed E-state index contributed by atoms with van der Waals surface area (Å²) in [6.07, 6.45) is 2.12. The lowest BCUT2D eigenvalue weighted by Gasteiger charge is -2.36. The number of nitrogens with zero attached hydrogens (tertiary/aromatic N) is 4. The van der Waals surface area contributed by atoms with Crippen LogP contribution < -0.4 is 30.9 Å². The molecule has 1 saturated carbocycles. The van der Waals surface area contributed by atoms with E-state index in [1.807, 2.05) is 36.4 Å². The third kappa shape index (κ3) is 1.60. The van der Waals surface area contributed by atoms with Crippen molar-refractivity contribution in [3.05, 3.63) is 80.4 Å². The van der Waals surface area contributed by atoms with Gasteiger partial charge in [0.25, 0.3) is 11.3 Å². The second-order valence-electron chi connectivity index (χ2n) is 6.75. The SMILES string of the molecule is [O-][N+]1=c2ccccc2=NC12CCC1(CC2)N=c2ccccc2=[N+]1[O-]. The third-order valence-corrected chi connectivity index (χ3v) is 5.47. The summed E-state index contributed by atoms with van der Waals surface area (Å²) in [5, 5.41) is 28.3. The number of rotatable bonds is 0. The summed E-state index contributed by atoms with van der Waals surface area (Å²) in [6.45, 7) is 0. The van der Waals surface area contributed by atoms with Gasteiger partial charge in [0.2, 0.25) is 10.7 Å². The minimum Gasteiger partial charge on any atom is -0.622 e. The summed E-state index contributed by atoms with van der Waals surface area (Å²) >= 11 is 0. The first-order chi connectivity index (χ1) is 11.6. The molecule has 5 rings (SSSR count). The normalized spacial score (nSPS) is 30.2. The quantitative estimate of drug-likeness (QED) is 0.489. The Morgan fingerprint density at radius 1 is 0.667 bits per heavy atom. The molecule has 6 heteroatoms. The maximum Gasteiger partial charge on any atom is 0.267 e. The average Bonchev–Trinajstić information content (AvgIpc) is 3.05. The molecule has 3 aliphatic rings. The van der Waals surface area contributed by atoms with Crippen LogP contribution in [0, 0.1) is 10.4 Å². The maximum absolute atomic E-state index is 12.8. The summed E-state index contributed by atoms with van der Waals surface area (Å²) < 4.78 is 2.07. The van der Waals surface area contributed by atoms with Crippen LogP contribution in [0.5, 0.6) is 0 Å². The Hall–Kier alpha value is -2.76. The maximum atomic E-state index is 12.8. The predicted molar refractivity (Wildman–Crippen MR) is 87.6 cm³/mol. The molecule has 1 fully saturated rings. The van der Waals surface area contributed by atoms with Crippen LogP contribution in [0.1, 0.15) is 25.7 Å². The van der Waals surface area contributed by atoms with Crippen LogP contribution in [0.15, 0.2) is 58.5 Å². The smallest absolute Gasteiger partial charge is 0.267 e. The van der Waals surface area contributed by atoms with Crippen molar-refractivity contribution < 1.29 is 0 Å². The molecule has 0 bridgehead atoms. The summed E-state index contributed by atoms with van der Waals surface area (Å²) in [4.78, 5) is 9.41. The largest absolute Gasteiger partial charge is 0.622 e. The van der Waals surface area contributed by atoms with E-state index in [4.69, 9.17) is 9.98 Å². The molecule has 2 heterocycles. The molecule has 0 saturated heterocycles. The van der Waals surface area contributed by atoms with Gasteiger partial charge in [0.05, 0.1) is 0 Å². The lowest BCUT2D eigenvalue weighted by molar-refractivity contribution is 0.145. The van der Waals surface area contributed by atoms with Gasteiger partial charge >= 0.3 is 0 Å². The number of hydrogen-bond donors (Lipinski definition) is 0. The highest BCUT2D eigenvalue weighted by atomic mass is 16.5. The van der Waals surface area contributed by atoms with E-state index in [2.05, 4.69) is 0 Å². The summed E-state index contributed by atoms with van der Waals surface area (Å²) in [5.74, 6) is 0. The minimum absolute atomic E-state index is 0.529. The highest BCUT2D eigenvalue weighted by Gasteiger charge is 2.55. The Labute approximate surface area is 137 Å². The van der Waals surface area contributed by atoms with Crippen LogP contribution >= 0.6 is 0 Å². The number of hydroxylamine groups is 2. The van der Waals surface area contributed by atoms with Crippen LogP contribution in [0.2, 0.25) is 0 Å². The van der Waals surface area contributed by atoms with E-state index >= 15 is 0 Å². The first-order valence-corrected chi connectivity index (χ1v) is 8.22. The van der Waals surface area contributed by atoms with Gasteiger partial charge in [-0.05, 0) is 12.1 Å². The standard InChI is InChI=1S/C18H16N4O2/c23-21-15-7-3-1-5-13(15)19-17(21)9-11-18(12-10-17)20-14-6-2-4-8-16(14)22(18)24/h1-8H,9-12H2. The molecule has 0 atom stereocenters. The molecule has 2 spiro atoms. The number of benzene rings is 2. The van der Waals surface area contributed by atoms with Gasteiger partial charge in [-0.15, -0.1) is 0 Å². The van der Waals surface area contributed by atoms with Gasteiger partial charge in [0.15, 0.2) is 0 Å². The lowest BCUT2D eigenvalue weighted by atomic mass is 9.82. The van der Waals surface area contributed by atoms with Crippen molar-refractivity contribution in [1.82, 2.24) is 9.48 Å². The van der Waals surface area contributed by atoms with Crippen molar-refractivity contribution in [2.45, 2.75) is 37.0 Å². The van der Waals surface area contributed by atoms with Crippen molar-refractivity contribution >= 4 is 0 Å². The van der Waals surface area contributed by atoms with Crippen molar-refractivity contribution in [2.24, 2.45) is 9.98 Å². The Kier molecular flexibility index (Phi) is 2.51. The Bertz CT molecular complexity index is 1010. The zero-order valence-electron chi connectivity index (χ0n) is 13.1. The topological polar surface area (TPSA) is 76.9 Å². The van der Waals surface area contributed by atoms with Gasteiger partial charge in [-0.2, -0.15) is 9.48 Å². The fourth-order valence-electron chi connectivity index (χ4n) is 4.13. The van der Waals surface area contributed by atoms with Crippen molar-refractivity contribution in [3.8, 4) is 0 Å². The second-order valence-corrected chi connectivity index (χ2v) is 6.75. The van der Waals surface area contributed by atoms with Gasteiger partial charge in [-0.1, -0.05) is 24.3 Å². The third-order valence-electron chi connectivity index (χ3n) is 5.47. The monoisotopic (exact) mass is 320 g/mol. The van der Waals surface area contributed by atoms with Crippen molar-refractivity contribution in [1.29, 1.82) is 0 Å². The Morgan fingerprint density at radius 3 is 1.42 bits per heavy atom. The fraction of sp³-hybridized carbons (Fsp3) is 0.333. The zero-order chi connectivity index (χ0) is 16.4. The molecule has 0 radical (unpaired) electrons. The van der Waals surface area contributed by atoms with Crippen LogP contribution in [0.4, 0.5) is 0 Å². The zero-order valence-corrected chi connectivity index (χ0v) is 13.1. The van der Waals surface area contributed by atoms with Crippen LogP contribution in [-0.4, -0.2) is 11.3 Å². The Morgan fingerprint density at radius 2 is 1.04 bits per heavy atom. The second kappa shape index (κ2) is 4.41. The van der Waals surface area contributed by atoms with Crippen LogP contribution in [0.3, 0.4) is 0 Å². The highest BCUT2D eigenvalue weighted by molar-refractivity contribution is 5.15. The average molecular weight is 320 g/mol. The molecule has 0 aromatic heterocycles. The molecule has 2 aromatic carbocycles. The van der Waals surface area contributed by atoms with Gasteiger partial charge in [0, 0.05) is 37.8 Å². The molecule has 0 N–H and O–H groups in total. The van der Waals surface area contributed by atoms with Gasteiger partial charge in [-0.25, -0.2) is 9.98 Å². The first kappa shape index (κ1) is 13.7. The molecule has 1 aliphatic carbocycles. The van der Waals surface area contributed by atoms with E-state index < -0.39 is 11.3 Å². The predicted octanol–water partition coefficient (Wildman–Crippen LogP) is -0.402. The summed E-state index contributed by atoms with van der Waals surface area (Å²) in [5.41, 5.74) is -1.56. The van der Waals surface area contributed by atoms with Gasteiger partial charge < -0.3 is 10.4 Å². The van der Waals surface area contributed by atoms with Gasteiger partial charge in [0.1, 0.15) is 10.7 Å². The van der Waals surface area contributed by atoms with Crippen molar-refractivity contribution in [2.75, 3.05) is 0 Å². The van der Waals surface area contributed by atoms with E-state index in [1.54, 1.807) is 12.1 Å². The highest BCUT2D eigenvalue weighted by Crippen LogP contribution is 2.39. The molecule has 24 heavy (non-hydrogen) atoms. The van der Waals surface area contributed by atoms with E-state index in [0.717, 1.165) is 20.2 Å². The van der Waals surface area contributed by atoms with Crippen LogP contribution in [-0.2, 0) is 0 Å². The molecule has 0 amide bonds. The van der Waals surface area contributed by atoms with E-state index in [0.29, 0.717) is 36.4 Å². The minimum atomic E-state index is -0.778. The van der Waals surface area contributed by atoms with Gasteiger partial charge in [-0.3, -0.25) is 0 Å². The lowest BCUT2D eigenvalue weighted by Crippen LogP contribution is -2.53. The number of fused-ring (bicyclic) bond motifs is 2. The molecular formula is C18H16N4O2. The fourth-order valence-corrected chi connectivity index (χ4v) is 4.13. The summed E-state index contributed by atoms with van der Waals surface area (Å²) in [6, 6.07) is 14.8.